The van der Waals surface area contributed by atoms with Crippen LogP contribution in [0.4, 0.5) is 5.69 Å². The van der Waals surface area contributed by atoms with E-state index in [4.69, 9.17) is 4.74 Å². The van der Waals surface area contributed by atoms with Crippen LogP contribution in [-0.4, -0.2) is 36.9 Å². The normalized spacial score (nSPS) is 14.7. The standard InChI is InChI=1S/C22H26N2O3/c1-15-4-5-16(2)20(14-15)23-21(25)17-10-12-24(13-11-17)22(26)18-6-8-19(27-3)9-7-18/h4-9,14,17H,10-13H2,1-3H3,(H,23,25). The average molecular weight is 366 g/mol. The summed E-state index contributed by atoms with van der Waals surface area (Å²) in [6.07, 6.45) is 1.36. The van der Waals surface area contributed by atoms with Crippen molar-refractivity contribution in [2.24, 2.45) is 5.92 Å². The lowest BCUT2D eigenvalue weighted by molar-refractivity contribution is -0.121. The number of aryl methyl sites for hydroxylation is 2. The number of hydrogen-bond donors (Lipinski definition) is 1. The van der Waals surface area contributed by atoms with Crippen LogP contribution < -0.4 is 10.1 Å². The third-order valence-electron chi connectivity index (χ3n) is 5.14. The largest absolute Gasteiger partial charge is 0.497 e. The van der Waals surface area contributed by atoms with Crippen molar-refractivity contribution in [3.05, 3.63) is 59.2 Å². The van der Waals surface area contributed by atoms with Gasteiger partial charge in [-0.2, -0.15) is 0 Å². The van der Waals surface area contributed by atoms with Gasteiger partial charge in [-0.1, -0.05) is 12.1 Å². The fraction of sp³-hybridized carbons (Fsp3) is 0.364. The number of rotatable bonds is 4. The molecule has 0 unspecified atom stereocenters. The highest BCUT2D eigenvalue weighted by Crippen LogP contribution is 2.23. The minimum Gasteiger partial charge on any atom is -0.497 e. The Kier molecular flexibility index (Phi) is 5.79. The molecule has 2 amide bonds. The van der Waals surface area contributed by atoms with Gasteiger partial charge in [0.1, 0.15) is 5.75 Å². The third kappa shape index (κ3) is 4.48. The van der Waals surface area contributed by atoms with E-state index in [1.807, 2.05) is 36.9 Å². The first-order chi connectivity index (χ1) is 13.0. The number of anilines is 1. The van der Waals surface area contributed by atoms with Gasteiger partial charge in [0.05, 0.1) is 7.11 Å². The maximum Gasteiger partial charge on any atom is 0.253 e. The van der Waals surface area contributed by atoms with Crippen LogP contribution in [0.5, 0.6) is 5.75 Å². The van der Waals surface area contributed by atoms with Gasteiger partial charge in [0.25, 0.3) is 5.91 Å². The van der Waals surface area contributed by atoms with E-state index in [0.29, 0.717) is 31.5 Å². The summed E-state index contributed by atoms with van der Waals surface area (Å²) in [5.41, 5.74) is 3.70. The summed E-state index contributed by atoms with van der Waals surface area (Å²) in [5, 5.41) is 3.05. The molecule has 2 aromatic carbocycles. The molecule has 0 aromatic heterocycles. The van der Waals surface area contributed by atoms with E-state index in [1.165, 1.54) is 0 Å². The molecule has 0 bridgehead atoms. The summed E-state index contributed by atoms with van der Waals surface area (Å²) >= 11 is 0. The summed E-state index contributed by atoms with van der Waals surface area (Å²) in [4.78, 5) is 27.1. The molecule has 27 heavy (non-hydrogen) atoms. The van der Waals surface area contributed by atoms with Gasteiger partial charge >= 0.3 is 0 Å². The molecule has 1 heterocycles. The Hall–Kier alpha value is -2.82. The number of nitrogens with zero attached hydrogens (tertiary/aromatic N) is 1. The van der Waals surface area contributed by atoms with Crippen molar-refractivity contribution in [3.63, 3.8) is 0 Å². The maximum atomic E-state index is 12.6. The predicted octanol–water partition coefficient (Wildman–Crippen LogP) is 3.80. The highest BCUT2D eigenvalue weighted by molar-refractivity contribution is 5.95. The zero-order valence-electron chi connectivity index (χ0n) is 16.1. The van der Waals surface area contributed by atoms with Gasteiger partial charge in [-0.15, -0.1) is 0 Å². The molecule has 1 N–H and O–H groups in total. The Balaban J connectivity index is 1.56. The van der Waals surface area contributed by atoms with Crippen molar-refractivity contribution < 1.29 is 14.3 Å². The van der Waals surface area contributed by atoms with Gasteiger partial charge in [0.15, 0.2) is 0 Å². The average Bonchev–Trinajstić information content (AvgIpc) is 2.70. The highest BCUT2D eigenvalue weighted by Gasteiger charge is 2.28. The molecular formula is C22H26N2O3. The van der Waals surface area contributed by atoms with Crippen molar-refractivity contribution in [2.75, 3.05) is 25.5 Å². The fourth-order valence-electron chi connectivity index (χ4n) is 3.37. The van der Waals surface area contributed by atoms with Gasteiger partial charge in [0.2, 0.25) is 5.91 Å². The van der Waals surface area contributed by atoms with Gasteiger partial charge in [-0.25, -0.2) is 0 Å². The van der Waals surface area contributed by atoms with Crippen molar-refractivity contribution in [1.82, 2.24) is 4.90 Å². The molecule has 5 nitrogen and oxygen atoms in total. The number of hydrogen-bond acceptors (Lipinski definition) is 3. The molecule has 1 aliphatic heterocycles. The zero-order valence-corrected chi connectivity index (χ0v) is 16.1. The number of nitrogens with one attached hydrogen (secondary N) is 1. The Bertz CT molecular complexity index is 822. The number of carbonyl (C=O) groups is 2. The molecule has 0 aliphatic carbocycles. The van der Waals surface area contributed by atoms with Crippen LogP contribution in [0.1, 0.15) is 34.3 Å². The molecule has 2 aromatic rings. The van der Waals surface area contributed by atoms with Crippen LogP contribution >= 0.6 is 0 Å². The first kappa shape index (κ1) is 19.0. The van der Waals surface area contributed by atoms with Crippen molar-refractivity contribution in [2.45, 2.75) is 26.7 Å². The van der Waals surface area contributed by atoms with Crippen LogP contribution in [0, 0.1) is 19.8 Å². The summed E-state index contributed by atoms with van der Waals surface area (Å²) in [5.74, 6) is 0.712. The zero-order chi connectivity index (χ0) is 19.4. The summed E-state index contributed by atoms with van der Waals surface area (Å²) in [7, 11) is 1.60. The second-order valence-corrected chi connectivity index (χ2v) is 7.10. The number of piperidine rings is 1. The molecule has 5 heteroatoms. The minimum absolute atomic E-state index is 0.00559. The molecular weight excluding hydrogens is 340 g/mol. The van der Waals surface area contributed by atoms with Crippen LogP contribution in [0.2, 0.25) is 0 Å². The number of likely N-dealkylation sites (tertiary alicyclic amines) is 1. The molecule has 1 fully saturated rings. The molecule has 0 radical (unpaired) electrons. The lowest BCUT2D eigenvalue weighted by atomic mass is 9.95. The van der Waals surface area contributed by atoms with Crippen LogP contribution in [0.15, 0.2) is 42.5 Å². The van der Waals surface area contributed by atoms with Gasteiger partial charge in [0, 0.05) is 30.3 Å². The van der Waals surface area contributed by atoms with Gasteiger partial charge < -0.3 is 15.0 Å². The molecule has 142 valence electrons. The predicted molar refractivity (Wildman–Crippen MR) is 106 cm³/mol. The maximum absolute atomic E-state index is 12.6. The lowest BCUT2D eigenvalue weighted by Gasteiger charge is -2.31. The molecule has 1 saturated heterocycles. The minimum atomic E-state index is -0.0650. The third-order valence-corrected chi connectivity index (χ3v) is 5.14. The molecule has 0 spiro atoms. The smallest absolute Gasteiger partial charge is 0.253 e. The summed E-state index contributed by atoms with van der Waals surface area (Å²) in [6.45, 7) is 5.19. The summed E-state index contributed by atoms with van der Waals surface area (Å²) < 4.78 is 5.13. The van der Waals surface area contributed by atoms with Gasteiger partial charge in [-0.3, -0.25) is 9.59 Å². The molecule has 0 saturated carbocycles. The monoisotopic (exact) mass is 366 g/mol. The molecule has 1 aliphatic rings. The number of methoxy groups -OCH3 is 1. The Morgan fingerprint density at radius 3 is 2.33 bits per heavy atom. The first-order valence-corrected chi connectivity index (χ1v) is 9.29. The second-order valence-electron chi connectivity index (χ2n) is 7.10. The van der Waals surface area contributed by atoms with E-state index in [1.54, 1.807) is 31.4 Å². The number of amides is 2. The van der Waals surface area contributed by atoms with E-state index >= 15 is 0 Å². The molecule has 3 rings (SSSR count). The number of benzene rings is 2. The lowest BCUT2D eigenvalue weighted by Crippen LogP contribution is -2.41. The Morgan fingerprint density at radius 2 is 1.70 bits per heavy atom. The van der Waals surface area contributed by atoms with Crippen LogP contribution in [0.3, 0.4) is 0 Å². The summed E-state index contributed by atoms with van der Waals surface area (Å²) in [6, 6.07) is 13.2. The van der Waals surface area contributed by atoms with E-state index in [0.717, 1.165) is 22.6 Å². The van der Waals surface area contributed by atoms with Crippen LogP contribution in [-0.2, 0) is 4.79 Å². The van der Waals surface area contributed by atoms with Crippen LogP contribution in [0.25, 0.3) is 0 Å². The topological polar surface area (TPSA) is 58.6 Å². The van der Waals surface area contributed by atoms with E-state index in [2.05, 4.69) is 5.32 Å². The molecule has 0 atom stereocenters. The first-order valence-electron chi connectivity index (χ1n) is 9.29. The Labute approximate surface area is 160 Å². The SMILES string of the molecule is COc1ccc(C(=O)N2CCC(C(=O)Nc3cc(C)ccc3C)CC2)cc1. The second kappa shape index (κ2) is 8.25. The van der Waals surface area contributed by atoms with Crippen molar-refractivity contribution in [3.8, 4) is 5.75 Å². The quantitative estimate of drug-likeness (QED) is 0.895. The van der Waals surface area contributed by atoms with E-state index < -0.39 is 0 Å². The van der Waals surface area contributed by atoms with E-state index in [-0.39, 0.29) is 17.7 Å². The van der Waals surface area contributed by atoms with Crippen molar-refractivity contribution in [1.29, 1.82) is 0 Å². The van der Waals surface area contributed by atoms with Crippen molar-refractivity contribution >= 4 is 17.5 Å². The fourth-order valence-corrected chi connectivity index (χ4v) is 3.37. The van der Waals surface area contributed by atoms with E-state index in [9.17, 15) is 9.59 Å². The van der Waals surface area contributed by atoms with Gasteiger partial charge in [-0.05, 0) is 68.1 Å². The highest BCUT2D eigenvalue weighted by atomic mass is 16.5. The number of ether oxygens (including phenoxy) is 1. The number of carbonyl (C=O) groups excluding carboxylic acids is 2. The Morgan fingerprint density at radius 1 is 1.04 bits per heavy atom.